The molecule has 0 aliphatic heterocycles. The minimum Gasteiger partial charge on any atom is -0.494 e. The third-order valence-corrected chi connectivity index (χ3v) is 7.74. The number of methoxy groups -OCH3 is 1. The number of hydrogen-bond acceptors (Lipinski definition) is 7. The van der Waals surface area contributed by atoms with Crippen LogP contribution in [0.3, 0.4) is 0 Å². The van der Waals surface area contributed by atoms with Crippen molar-refractivity contribution in [3.63, 3.8) is 0 Å². The number of nitrogens with zero attached hydrogens (tertiary/aromatic N) is 2. The number of rotatable bonds is 5. The van der Waals surface area contributed by atoms with E-state index in [9.17, 15) is 14.8 Å². The van der Waals surface area contributed by atoms with Crippen LogP contribution in [-0.4, -0.2) is 35.2 Å². The number of aromatic nitrogens is 1. The van der Waals surface area contributed by atoms with E-state index in [0.29, 0.717) is 22.4 Å². The maximum absolute atomic E-state index is 13.2. The molecule has 1 saturated carbocycles. The van der Waals surface area contributed by atoms with Crippen molar-refractivity contribution in [2.45, 2.75) is 45.6 Å². The monoisotopic (exact) mass is 466 g/mol. The van der Waals surface area contributed by atoms with Crippen LogP contribution in [0.25, 0.3) is 21.3 Å². The molecule has 7 nitrogen and oxygen atoms in total. The summed E-state index contributed by atoms with van der Waals surface area (Å²) in [6, 6.07) is 5.93. The van der Waals surface area contributed by atoms with Crippen LogP contribution in [-0.2, 0) is 11.2 Å². The number of fused-ring (bicyclic) bond motifs is 2. The van der Waals surface area contributed by atoms with E-state index in [4.69, 9.17) is 9.47 Å². The summed E-state index contributed by atoms with van der Waals surface area (Å²) in [7, 11) is 1.61. The molecular formula is C25H26N2O5S. The summed E-state index contributed by atoms with van der Waals surface area (Å²) in [4.78, 5) is 27.9. The van der Waals surface area contributed by atoms with Crippen LogP contribution in [0.2, 0.25) is 0 Å². The number of carbonyl (C=O) groups excluding carboxylic acids is 1. The molecule has 0 radical (unpaired) electrons. The van der Waals surface area contributed by atoms with E-state index in [0.717, 1.165) is 41.7 Å². The highest BCUT2D eigenvalue weighted by molar-refractivity contribution is 7.16. The van der Waals surface area contributed by atoms with Crippen molar-refractivity contribution in [3.8, 4) is 16.2 Å². The van der Waals surface area contributed by atoms with Gasteiger partial charge >= 0.3 is 5.97 Å². The van der Waals surface area contributed by atoms with Gasteiger partial charge in [-0.2, -0.15) is 0 Å². The second kappa shape index (κ2) is 8.33. The Hall–Kier alpha value is -3.13. The number of esters is 1. The fourth-order valence-corrected chi connectivity index (χ4v) is 5.89. The largest absolute Gasteiger partial charge is 0.494 e. The van der Waals surface area contributed by atoms with Crippen LogP contribution in [0.5, 0.6) is 5.75 Å². The molecule has 3 aromatic rings. The second-order valence-electron chi connectivity index (χ2n) is 8.65. The first-order chi connectivity index (χ1) is 16.0. The molecule has 1 N–H and O–H groups in total. The van der Waals surface area contributed by atoms with E-state index in [2.05, 4.69) is 18.1 Å². The zero-order valence-corrected chi connectivity index (χ0v) is 19.7. The minimum atomic E-state index is -0.599. The SMILES string of the molecule is CCOC(=O)c1cn(C2CC2)c2c(OC)c(-c3cc4c(s3)CCC(C)/C4=N\O)ccc2c1=O. The number of hydrogen-bond donors (Lipinski definition) is 1. The standard InChI is InChI=1S/C25H26N2O5S/c1-4-32-25(29)18-12-27(14-6-7-14)22-16(23(18)28)9-8-15(24(22)31-3)20-11-17-19(33-20)10-5-13(2)21(17)26-30/h8-9,11-14,30H,4-7,10H2,1-3H3/b26-21+. The first-order valence-corrected chi connectivity index (χ1v) is 12.1. The average Bonchev–Trinajstić information content (AvgIpc) is 3.57. The first kappa shape index (κ1) is 21.7. The van der Waals surface area contributed by atoms with E-state index in [-0.39, 0.29) is 29.6 Å². The molecule has 2 aliphatic carbocycles. The number of carbonyl (C=O) groups is 1. The molecule has 5 rings (SSSR count). The number of benzene rings is 1. The minimum absolute atomic E-state index is 0.0513. The molecule has 2 aliphatic rings. The quantitative estimate of drug-likeness (QED) is 0.324. The van der Waals surface area contributed by atoms with Gasteiger partial charge in [-0.3, -0.25) is 4.79 Å². The molecule has 0 spiro atoms. The predicted molar refractivity (Wildman–Crippen MR) is 128 cm³/mol. The Labute approximate surface area is 195 Å². The van der Waals surface area contributed by atoms with Crippen molar-refractivity contribution in [3.05, 3.63) is 50.6 Å². The van der Waals surface area contributed by atoms with Gasteiger partial charge in [-0.05, 0) is 50.8 Å². The van der Waals surface area contributed by atoms with Gasteiger partial charge in [0.15, 0.2) is 5.75 Å². The Morgan fingerprint density at radius 1 is 1.27 bits per heavy atom. The summed E-state index contributed by atoms with van der Waals surface area (Å²) in [5, 5.41) is 13.6. The van der Waals surface area contributed by atoms with E-state index in [1.54, 1.807) is 37.6 Å². The van der Waals surface area contributed by atoms with Crippen LogP contribution in [0.1, 0.15) is 60.0 Å². The summed E-state index contributed by atoms with van der Waals surface area (Å²) in [6.07, 6.45) is 5.47. The lowest BCUT2D eigenvalue weighted by Crippen LogP contribution is -2.21. The topological polar surface area (TPSA) is 90.1 Å². The average molecular weight is 467 g/mol. The Morgan fingerprint density at radius 2 is 2.06 bits per heavy atom. The summed E-state index contributed by atoms with van der Waals surface area (Å²) in [5.41, 5.74) is 2.98. The lowest BCUT2D eigenvalue weighted by molar-refractivity contribution is 0.0524. The lowest BCUT2D eigenvalue weighted by Gasteiger charge is -2.18. The lowest BCUT2D eigenvalue weighted by atomic mass is 9.87. The van der Waals surface area contributed by atoms with Crippen molar-refractivity contribution < 1.29 is 19.5 Å². The molecule has 2 aromatic heterocycles. The molecule has 0 amide bonds. The molecule has 8 heteroatoms. The van der Waals surface area contributed by atoms with Crippen LogP contribution in [0, 0.1) is 5.92 Å². The van der Waals surface area contributed by atoms with Gasteiger partial charge in [0.05, 0.1) is 30.3 Å². The predicted octanol–water partition coefficient (Wildman–Crippen LogP) is 5.01. The summed E-state index contributed by atoms with van der Waals surface area (Å²) in [6.45, 7) is 4.01. The van der Waals surface area contributed by atoms with Crippen molar-refractivity contribution in [2.24, 2.45) is 11.1 Å². The number of ether oxygens (including phenoxy) is 2. The van der Waals surface area contributed by atoms with Crippen LogP contribution in [0.4, 0.5) is 0 Å². The maximum Gasteiger partial charge on any atom is 0.343 e. The molecule has 0 bridgehead atoms. The Bertz CT molecular complexity index is 1350. The number of aryl methyl sites for hydroxylation is 1. The van der Waals surface area contributed by atoms with Gasteiger partial charge in [-0.25, -0.2) is 4.79 Å². The molecule has 2 heterocycles. The Kier molecular flexibility index (Phi) is 5.48. The summed E-state index contributed by atoms with van der Waals surface area (Å²) < 4.78 is 13.0. The highest BCUT2D eigenvalue weighted by Crippen LogP contribution is 2.45. The Morgan fingerprint density at radius 3 is 2.73 bits per heavy atom. The maximum atomic E-state index is 13.2. The Balaban J connectivity index is 1.73. The normalized spacial score (nSPS) is 19.0. The highest BCUT2D eigenvalue weighted by atomic mass is 32.1. The van der Waals surface area contributed by atoms with Crippen molar-refractivity contribution in [1.82, 2.24) is 4.57 Å². The molecule has 1 aromatic carbocycles. The second-order valence-corrected chi connectivity index (χ2v) is 9.78. The first-order valence-electron chi connectivity index (χ1n) is 11.3. The van der Waals surface area contributed by atoms with Gasteiger partial charge in [0.2, 0.25) is 5.43 Å². The van der Waals surface area contributed by atoms with E-state index in [1.165, 1.54) is 4.88 Å². The fourth-order valence-electron chi connectivity index (χ4n) is 4.68. The van der Waals surface area contributed by atoms with E-state index >= 15 is 0 Å². The van der Waals surface area contributed by atoms with Crippen molar-refractivity contribution in [2.75, 3.05) is 13.7 Å². The number of thiophene rings is 1. The number of oxime groups is 1. The molecule has 172 valence electrons. The van der Waals surface area contributed by atoms with Gasteiger partial charge in [0.25, 0.3) is 0 Å². The fraction of sp³-hybridized carbons (Fsp3) is 0.400. The molecule has 33 heavy (non-hydrogen) atoms. The van der Waals surface area contributed by atoms with Crippen molar-refractivity contribution in [1.29, 1.82) is 0 Å². The molecule has 0 saturated heterocycles. The highest BCUT2D eigenvalue weighted by Gasteiger charge is 2.31. The zero-order chi connectivity index (χ0) is 23.3. The molecule has 1 fully saturated rings. The third-order valence-electron chi connectivity index (χ3n) is 6.52. The van der Waals surface area contributed by atoms with Crippen molar-refractivity contribution >= 4 is 33.9 Å². The smallest absolute Gasteiger partial charge is 0.343 e. The zero-order valence-electron chi connectivity index (χ0n) is 18.9. The van der Waals surface area contributed by atoms with Gasteiger partial charge in [-0.15, -0.1) is 11.3 Å². The molecule has 1 unspecified atom stereocenters. The van der Waals surface area contributed by atoms with E-state index < -0.39 is 5.97 Å². The van der Waals surface area contributed by atoms with Gasteiger partial charge < -0.3 is 19.2 Å². The third kappa shape index (κ3) is 3.53. The van der Waals surface area contributed by atoms with Gasteiger partial charge in [0, 0.05) is 39.0 Å². The molecule has 1 atom stereocenters. The molecular weight excluding hydrogens is 440 g/mol. The van der Waals surface area contributed by atoms with Gasteiger partial charge in [0.1, 0.15) is 5.56 Å². The van der Waals surface area contributed by atoms with Crippen LogP contribution >= 0.6 is 11.3 Å². The van der Waals surface area contributed by atoms with Crippen LogP contribution < -0.4 is 10.2 Å². The van der Waals surface area contributed by atoms with Gasteiger partial charge in [-0.1, -0.05) is 12.1 Å². The summed E-state index contributed by atoms with van der Waals surface area (Å²) in [5.74, 6) is 0.212. The van der Waals surface area contributed by atoms with E-state index in [1.807, 2.05) is 10.6 Å². The number of pyridine rings is 1. The summed E-state index contributed by atoms with van der Waals surface area (Å²) >= 11 is 1.66. The van der Waals surface area contributed by atoms with Crippen LogP contribution in [0.15, 0.2) is 34.3 Å².